The fourth-order valence-corrected chi connectivity index (χ4v) is 0.861. The molecule has 0 fully saturated rings. The monoisotopic (exact) mass is 200 g/mol. The maximum Gasteiger partial charge on any atom is 0.403 e. The summed E-state index contributed by atoms with van der Waals surface area (Å²) < 4.78 is 4.53. The molecule has 0 aliphatic heterocycles. The van der Waals surface area contributed by atoms with E-state index in [0.29, 0.717) is 6.42 Å². The molecular formula is C8H9ClN2O2. The number of carbonyl (C=O) groups is 1. The molecule has 0 amide bonds. The van der Waals surface area contributed by atoms with Crippen LogP contribution in [0.15, 0.2) is 12.4 Å². The molecule has 0 aliphatic rings. The van der Waals surface area contributed by atoms with Crippen LogP contribution in [-0.4, -0.2) is 22.0 Å². The van der Waals surface area contributed by atoms with Crippen LogP contribution in [-0.2, 0) is 11.2 Å². The minimum Gasteiger partial charge on any atom is -0.453 e. The lowest BCUT2D eigenvalue weighted by molar-refractivity contribution is 0.174. The number of carbonyl (C=O) groups excluding carboxylic acids is 1. The fraction of sp³-hybridized carbons (Fsp3) is 0.375. The molecule has 0 saturated carbocycles. The molecule has 70 valence electrons. The third-order valence-corrected chi connectivity index (χ3v) is 1.52. The summed E-state index contributed by atoms with van der Waals surface area (Å²) in [5, 5.41) is 0. The zero-order chi connectivity index (χ0) is 9.68. The van der Waals surface area contributed by atoms with Gasteiger partial charge in [-0.3, -0.25) is 9.97 Å². The van der Waals surface area contributed by atoms with Crippen LogP contribution < -0.4 is 0 Å². The average molecular weight is 201 g/mol. The minimum absolute atomic E-state index is 0.236. The van der Waals surface area contributed by atoms with Gasteiger partial charge in [-0.15, -0.1) is 0 Å². The third kappa shape index (κ3) is 3.85. The summed E-state index contributed by atoms with van der Waals surface area (Å²) in [5.74, 6) is 0. The van der Waals surface area contributed by atoms with Crippen LogP contribution in [0.3, 0.4) is 0 Å². The maximum absolute atomic E-state index is 10.2. The number of ether oxygens (including phenoxy) is 1. The molecule has 0 aliphatic carbocycles. The molecule has 0 N–H and O–H groups in total. The topological polar surface area (TPSA) is 52.1 Å². The summed E-state index contributed by atoms with van der Waals surface area (Å²) in [6.07, 6.45) is 3.85. The van der Waals surface area contributed by atoms with E-state index in [9.17, 15) is 4.79 Å². The van der Waals surface area contributed by atoms with Gasteiger partial charge in [0.1, 0.15) is 0 Å². The largest absolute Gasteiger partial charge is 0.453 e. The first-order valence-electron chi connectivity index (χ1n) is 3.78. The van der Waals surface area contributed by atoms with Gasteiger partial charge in [0.2, 0.25) is 0 Å². The molecule has 4 nitrogen and oxygen atoms in total. The summed E-state index contributed by atoms with van der Waals surface area (Å²) in [4.78, 5) is 18.3. The Labute approximate surface area is 80.9 Å². The highest BCUT2D eigenvalue weighted by Crippen LogP contribution is 1.96. The lowest BCUT2D eigenvalue weighted by atomic mass is 10.3. The van der Waals surface area contributed by atoms with Crippen LogP contribution in [0.5, 0.6) is 0 Å². The van der Waals surface area contributed by atoms with Crippen molar-refractivity contribution >= 4 is 17.0 Å². The number of halogens is 1. The first-order valence-corrected chi connectivity index (χ1v) is 4.16. The van der Waals surface area contributed by atoms with E-state index in [4.69, 9.17) is 11.6 Å². The normalized spacial score (nSPS) is 9.69. The fourth-order valence-electron chi connectivity index (χ4n) is 0.784. The lowest BCUT2D eigenvalue weighted by Crippen LogP contribution is -2.02. The summed E-state index contributed by atoms with van der Waals surface area (Å²) >= 11 is 4.97. The Morgan fingerprint density at radius 2 is 2.31 bits per heavy atom. The molecule has 0 bridgehead atoms. The van der Waals surface area contributed by atoms with Gasteiger partial charge in [0.15, 0.2) is 0 Å². The standard InChI is InChI=1S/C8H9ClN2O2/c1-6-4-11-7(5-10-6)2-3-13-8(9)12/h4-5H,2-3H2,1H3. The van der Waals surface area contributed by atoms with E-state index in [-0.39, 0.29) is 6.61 Å². The number of rotatable bonds is 3. The summed E-state index contributed by atoms with van der Waals surface area (Å²) in [6.45, 7) is 2.09. The Morgan fingerprint density at radius 3 is 2.85 bits per heavy atom. The Kier molecular flexibility index (Phi) is 3.64. The first-order chi connectivity index (χ1) is 6.18. The van der Waals surface area contributed by atoms with Gasteiger partial charge < -0.3 is 4.74 Å². The second-order valence-corrected chi connectivity index (χ2v) is 2.79. The number of hydrogen-bond acceptors (Lipinski definition) is 4. The van der Waals surface area contributed by atoms with Gasteiger partial charge in [-0.25, -0.2) is 4.79 Å². The zero-order valence-corrected chi connectivity index (χ0v) is 7.91. The van der Waals surface area contributed by atoms with E-state index >= 15 is 0 Å². The zero-order valence-electron chi connectivity index (χ0n) is 7.16. The van der Waals surface area contributed by atoms with E-state index in [1.807, 2.05) is 6.92 Å². The first kappa shape index (κ1) is 9.92. The van der Waals surface area contributed by atoms with E-state index in [0.717, 1.165) is 11.4 Å². The lowest BCUT2D eigenvalue weighted by Gasteiger charge is -1.99. The van der Waals surface area contributed by atoms with Crippen molar-refractivity contribution in [2.45, 2.75) is 13.3 Å². The van der Waals surface area contributed by atoms with Crippen LogP contribution in [0, 0.1) is 6.92 Å². The number of nitrogens with zero attached hydrogens (tertiary/aromatic N) is 2. The van der Waals surface area contributed by atoms with Crippen LogP contribution in [0.25, 0.3) is 0 Å². The molecule has 1 aromatic rings. The molecule has 1 aromatic heterocycles. The quantitative estimate of drug-likeness (QED) is 0.697. The Morgan fingerprint density at radius 1 is 1.54 bits per heavy atom. The van der Waals surface area contributed by atoms with Gasteiger partial charge >= 0.3 is 5.43 Å². The number of hydrogen-bond donors (Lipinski definition) is 0. The van der Waals surface area contributed by atoms with Crippen LogP contribution in [0.2, 0.25) is 0 Å². The molecule has 0 aromatic carbocycles. The molecule has 0 saturated heterocycles. The average Bonchev–Trinajstić information content (AvgIpc) is 2.08. The highest BCUT2D eigenvalue weighted by molar-refractivity contribution is 6.61. The predicted octanol–water partition coefficient (Wildman–Crippen LogP) is 1.70. The van der Waals surface area contributed by atoms with Crippen molar-refractivity contribution in [1.29, 1.82) is 0 Å². The molecule has 0 atom stereocenters. The van der Waals surface area contributed by atoms with E-state index in [2.05, 4.69) is 14.7 Å². The van der Waals surface area contributed by atoms with Crippen molar-refractivity contribution < 1.29 is 9.53 Å². The van der Waals surface area contributed by atoms with Crippen molar-refractivity contribution in [2.75, 3.05) is 6.61 Å². The second kappa shape index (κ2) is 4.77. The summed E-state index contributed by atoms with van der Waals surface area (Å²) in [5.41, 5.74) is 0.849. The van der Waals surface area contributed by atoms with Gasteiger partial charge in [-0.05, 0) is 6.92 Å². The highest BCUT2D eigenvalue weighted by Gasteiger charge is 1.98. The van der Waals surface area contributed by atoms with Crippen molar-refractivity contribution in [3.05, 3.63) is 23.8 Å². The van der Waals surface area contributed by atoms with Gasteiger partial charge in [0.25, 0.3) is 0 Å². The Balaban J connectivity index is 2.37. The number of aromatic nitrogens is 2. The van der Waals surface area contributed by atoms with Crippen molar-refractivity contribution in [1.82, 2.24) is 9.97 Å². The van der Waals surface area contributed by atoms with E-state index < -0.39 is 5.43 Å². The molecule has 0 spiro atoms. The van der Waals surface area contributed by atoms with Gasteiger partial charge in [0, 0.05) is 30.4 Å². The molecule has 5 heteroatoms. The molecule has 0 radical (unpaired) electrons. The van der Waals surface area contributed by atoms with Crippen molar-refractivity contribution in [3.63, 3.8) is 0 Å². The second-order valence-electron chi connectivity index (χ2n) is 2.49. The summed E-state index contributed by atoms with van der Waals surface area (Å²) in [7, 11) is 0. The van der Waals surface area contributed by atoms with Crippen LogP contribution in [0.1, 0.15) is 11.4 Å². The van der Waals surface area contributed by atoms with E-state index in [1.54, 1.807) is 12.4 Å². The molecular weight excluding hydrogens is 192 g/mol. The van der Waals surface area contributed by atoms with Crippen LogP contribution in [0.4, 0.5) is 4.79 Å². The molecule has 13 heavy (non-hydrogen) atoms. The molecule has 1 heterocycles. The van der Waals surface area contributed by atoms with Gasteiger partial charge in [0.05, 0.1) is 18.0 Å². The van der Waals surface area contributed by atoms with E-state index in [1.165, 1.54) is 0 Å². The molecule has 1 rings (SSSR count). The number of aryl methyl sites for hydroxylation is 1. The third-order valence-electron chi connectivity index (χ3n) is 1.41. The van der Waals surface area contributed by atoms with Crippen LogP contribution >= 0.6 is 11.6 Å². The maximum atomic E-state index is 10.2. The summed E-state index contributed by atoms with van der Waals surface area (Å²) in [6, 6.07) is 0. The van der Waals surface area contributed by atoms with Crippen molar-refractivity contribution in [3.8, 4) is 0 Å². The Hall–Kier alpha value is -1.16. The van der Waals surface area contributed by atoms with Gasteiger partial charge in [-0.2, -0.15) is 0 Å². The highest BCUT2D eigenvalue weighted by atomic mass is 35.5. The predicted molar refractivity (Wildman–Crippen MR) is 47.7 cm³/mol. The smallest absolute Gasteiger partial charge is 0.403 e. The molecule has 0 unspecified atom stereocenters. The SMILES string of the molecule is Cc1cnc(CCOC(=O)Cl)cn1. The van der Waals surface area contributed by atoms with Gasteiger partial charge in [-0.1, -0.05) is 0 Å². The Bertz CT molecular complexity index is 287. The van der Waals surface area contributed by atoms with Crippen molar-refractivity contribution in [2.24, 2.45) is 0 Å². The minimum atomic E-state index is -0.792.